The number of sulfonamides is 1. The summed E-state index contributed by atoms with van der Waals surface area (Å²) in [7, 11) is -3.67. The number of hydrogen-bond donors (Lipinski definition) is 2. The maximum Gasteiger partial charge on any atom is 0.238 e. The summed E-state index contributed by atoms with van der Waals surface area (Å²) in [5.74, 6) is 0.295. The molecule has 2 aromatic rings. The molecule has 0 unspecified atom stereocenters. The molecule has 0 saturated heterocycles. The van der Waals surface area contributed by atoms with Gasteiger partial charge in [-0.25, -0.2) is 18.5 Å². The highest BCUT2D eigenvalue weighted by Gasteiger charge is 2.10. The number of thiazole rings is 1. The van der Waals surface area contributed by atoms with Crippen LogP contribution in [0.5, 0.6) is 0 Å². The van der Waals surface area contributed by atoms with E-state index in [4.69, 9.17) is 5.14 Å². The van der Waals surface area contributed by atoms with Gasteiger partial charge in [-0.05, 0) is 24.1 Å². The van der Waals surface area contributed by atoms with Crippen molar-refractivity contribution in [3.8, 4) is 0 Å². The van der Waals surface area contributed by atoms with E-state index in [2.05, 4.69) is 24.1 Å². The normalized spacial score (nSPS) is 11.7. The minimum atomic E-state index is -3.67. The number of nitrogens with one attached hydrogen (secondary N) is 1. The minimum Gasteiger partial charge on any atom is -0.355 e. The SMILES string of the molecule is CC(C)c1nc(CC(=O)NCCc2ccc(S(N)(=O)=O)cc2)cs1. The third-order valence-electron chi connectivity index (χ3n) is 3.39. The van der Waals surface area contributed by atoms with E-state index in [0.717, 1.165) is 16.3 Å². The van der Waals surface area contributed by atoms with Crippen LogP contribution in [0.2, 0.25) is 0 Å². The van der Waals surface area contributed by atoms with Crippen molar-refractivity contribution in [2.75, 3.05) is 6.54 Å². The number of amides is 1. The predicted molar refractivity (Wildman–Crippen MR) is 94.4 cm³/mol. The van der Waals surface area contributed by atoms with Gasteiger partial charge < -0.3 is 5.32 Å². The highest BCUT2D eigenvalue weighted by atomic mass is 32.2. The first kappa shape index (κ1) is 18.6. The van der Waals surface area contributed by atoms with Crippen molar-refractivity contribution in [1.82, 2.24) is 10.3 Å². The average molecular weight is 367 g/mol. The number of rotatable bonds is 7. The Kier molecular flexibility index (Phi) is 6.09. The van der Waals surface area contributed by atoms with Gasteiger partial charge in [0.25, 0.3) is 0 Å². The smallest absolute Gasteiger partial charge is 0.238 e. The largest absolute Gasteiger partial charge is 0.355 e. The number of nitrogens with zero attached hydrogens (tertiary/aromatic N) is 1. The van der Waals surface area contributed by atoms with E-state index in [9.17, 15) is 13.2 Å². The number of benzene rings is 1. The first-order valence-corrected chi connectivity index (χ1v) is 10.0. The molecular formula is C16H21N3O3S2. The molecular weight excluding hydrogens is 346 g/mol. The van der Waals surface area contributed by atoms with Crippen molar-refractivity contribution in [3.63, 3.8) is 0 Å². The summed E-state index contributed by atoms with van der Waals surface area (Å²) in [4.78, 5) is 16.4. The van der Waals surface area contributed by atoms with Crippen LogP contribution in [-0.2, 0) is 27.7 Å². The van der Waals surface area contributed by atoms with Gasteiger partial charge in [-0.2, -0.15) is 0 Å². The van der Waals surface area contributed by atoms with Crippen LogP contribution in [0.15, 0.2) is 34.5 Å². The molecule has 6 nitrogen and oxygen atoms in total. The van der Waals surface area contributed by atoms with Gasteiger partial charge in [-0.1, -0.05) is 26.0 Å². The average Bonchev–Trinajstić information content (AvgIpc) is 2.95. The van der Waals surface area contributed by atoms with Gasteiger partial charge in [-0.3, -0.25) is 4.79 Å². The van der Waals surface area contributed by atoms with Crippen molar-refractivity contribution in [1.29, 1.82) is 0 Å². The molecule has 0 fully saturated rings. The molecule has 1 heterocycles. The first-order valence-electron chi connectivity index (χ1n) is 7.58. The van der Waals surface area contributed by atoms with E-state index < -0.39 is 10.0 Å². The van der Waals surface area contributed by atoms with Crippen molar-refractivity contribution >= 4 is 27.3 Å². The Morgan fingerprint density at radius 3 is 2.50 bits per heavy atom. The lowest BCUT2D eigenvalue weighted by Crippen LogP contribution is -2.27. The van der Waals surface area contributed by atoms with Crippen LogP contribution in [0.1, 0.15) is 36.0 Å². The van der Waals surface area contributed by atoms with Crippen molar-refractivity contribution in [2.45, 2.75) is 37.5 Å². The van der Waals surface area contributed by atoms with Gasteiger partial charge in [0.2, 0.25) is 15.9 Å². The summed E-state index contributed by atoms with van der Waals surface area (Å²) in [6.07, 6.45) is 0.887. The monoisotopic (exact) mass is 367 g/mol. The summed E-state index contributed by atoms with van der Waals surface area (Å²) in [6, 6.07) is 6.33. The first-order chi connectivity index (χ1) is 11.3. The van der Waals surface area contributed by atoms with Crippen LogP contribution < -0.4 is 10.5 Å². The molecule has 24 heavy (non-hydrogen) atoms. The third kappa shape index (κ3) is 5.40. The molecule has 3 N–H and O–H groups in total. The summed E-state index contributed by atoms with van der Waals surface area (Å²) in [5.41, 5.74) is 1.72. The predicted octanol–water partition coefficient (Wildman–Crippen LogP) is 1.82. The van der Waals surface area contributed by atoms with E-state index in [1.807, 2.05) is 5.38 Å². The van der Waals surface area contributed by atoms with Crippen molar-refractivity contribution < 1.29 is 13.2 Å². The Morgan fingerprint density at radius 2 is 1.96 bits per heavy atom. The molecule has 0 aliphatic rings. The molecule has 1 aromatic carbocycles. The molecule has 0 radical (unpaired) electrons. The van der Waals surface area contributed by atoms with Gasteiger partial charge in [0, 0.05) is 17.8 Å². The maximum atomic E-state index is 11.9. The fourth-order valence-electron chi connectivity index (χ4n) is 2.09. The van der Waals surface area contributed by atoms with Crippen LogP contribution >= 0.6 is 11.3 Å². The van der Waals surface area contributed by atoms with E-state index in [1.54, 1.807) is 23.5 Å². The summed E-state index contributed by atoms with van der Waals surface area (Å²) in [6.45, 7) is 4.63. The Morgan fingerprint density at radius 1 is 1.29 bits per heavy atom. The molecule has 0 aliphatic carbocycles. The molecule has 8 heteroatoms. The van der Waals surface area contributed by atoms with Crippen LogP contribution in [0.3, 0.4) is 0 Å². The van der Waals surface area contributed by atoms with E-state index in [0.29, 0.717) is 18.9 Å². The Balaban J connectivity index is 1.79. The standard InChI is InChI=1S/C16H21N3O3S2/c1-11(2)16-19-13(10-23-16)9-15(20)18-8-7-12-3-5-14(6-4-12)24(17,21)22/h3-6,10-11H,7-9H2,1-2H3,(H,18,20)(H2,17,21,22). The van der Waals surface area contributed by atoms with Crippen molar-refractivity contribution in [2.24, 2.45) is 5.14 Å². The van der Waals surface area contributed by atoms with Crippen molar-refractivity contribution in [3.05, 3.63) is 45.9 Å². The lowest BCUT2D eigenvalue weighted by atomic mass is 10.1. The van der Waals surface area contributed by atoms with Crippen LogP contribution in [-0.4, -0.2) is 25.9 Å². The molecule has 0 aliphatic heterocycles. The minimum absolute atomic E-state index is 0.0724. The number of aromatic nitrogens is 1. The molecule has 0 saturated carbocycles. The van der Waals surface area contributed by atoms with E-state index in [-0.39, 0.29) is 17.2 Å². The quantitative estimate of drug-likeness (QED) is 0.779. The molecule has 1 amide bonds. The van der Waals surface area contributed by atoms with Crippen LogP contribution in [0.4, 0.5) is 0 Å². The van der Waals surface area contributed by atoms with Gasteiger partial charge in [0.05, 0.1) is 22.0 Å². The molecule has 1 aromatic heterocycles. The number of carbonyl (C=O) groups is 1. The van der Waals surface area contributed by atoms with Gasteiger partial charge in [0.1, 0.15) is 0 Å². The molecule has 2 rings (SSSR count). The van der Waals surface area contributed by atoms with E-state index in [1.165, 1.54) is 12.1 Å². The number of carbonyl (C=O) groups excluding carboxylic acids is 1. The van der Waals surface area contributed by atoms with Crippen LogP contribution in [0.25, 0.3) is 0 Å². The summed E-state index contributed by atoms with van der Waals surface area (Å²) in [5, 5.41) is 10.8. The molecule has 0 atom stereocenters. The van der Waals surface area contributed by atoms with Gasteiger partial charge in [0.15, 0.2) is 0 Å². The fourth-order valence-corrected chi connectivity index (χ4v) is 3.44. The Hall–Kier alpha value is -1.77. The second-order valence-electron chi connectivity index (χ2n) is 5.80. The van der Waals surface area contributed by atoms with Gasteiger partial charge in [-0.15, -0.1) is 11.3 Å². The van der Waals surface area contributed by atoms with Gasteiger partial charge >= 0.3 is 0 Å². The molecule has 0 bridgehead atoms. The lowest BCUT2D eigenvalue weighted by Gasteiger charge is -2.05. The number of hydrogen-bond acceptors (Lipinski definition) is 5. The Bertz CT molecular complexity index is 796. The lowest BCUT2D eigenvalue weighted by molar-refractivity contribution is -0.120. The second-order valence-corrected chi connectivity index (χ2v) is 8.25. The second kappa shape index (κ2) is 7.87. The highest BCUT2D eigenvalue weighted by molar-refractivity contribution is 7.89. The van der Waals surface area contributed by atoms with E-state index >= 15 is 0 Å². The Labute approximate surface area is 146 Å². The topological polar surface area (TPSA) is 102 Å². The number of nitrogens with two attached hydrogens (primary N) is 1. The highest BCUT2D eigenvalue weighted by Crippen LogP contribution is 2.19. The summed E-state index contributed by atoms with van der Waals surface area (Å²) >= 11 is 1.57. The fraction of sp³-hybridized carbons (Fsp3) is 0.375. The zero-order valence-electron chi connectivity index (χ0n) is 13.7. The molecule has 0 spiro atoms. The molecule has 130 valence electrons. The zero-order chi connectivity index (χ0) is 17.7. The van der Waals surface area contributed by atoms with Crippen LogP contribution in [0, 0.1) is 0 Å². The zero-order valence-corrected chi connectivity index (χ0v) is 15.3. The summed E-state index contributed by atoms with van der Waals surface area (Å²) < 4.78 is 22.4. The third-order valence-corrected chi connectivity index (χ3v) is 5.52. The number of primary sulfonamides is 1. The maximum absolute atomic E-state index is 11.9.